The summed E-state index contributed by atoms with van der Waals surface area (Å²) in [6.45, 7) is 2.01. The number of hydrogen-bond donors (Lipinski definition) is 4. The Labute approximate surface area is 53.3 Å². The number of aliphatic hydroxyl groups is 1. The van der Waals surface area contributed by atoms with E-state index in [2.05, 4.69) is 5.73 Å². The van der Waals surface area contributed by atoms with Gasteiger partial charge in [0.05, 0.1) is 6.10 Å². The highest BCUT2D eigenvalue weighted by Gasteiger charge is 1.81. The molecule has 0 aliphatic heterocycles. The van der Waals surface area contributed by atoms with Gasteiger partial charge < -0.3 is 21.7 Å². The van der Waals surface area contributed by atoms with E-state index in [0.717, 1.165) is 0 Å². The van der Waals surface area contributed by atoms with Crippen molar-refractivity contribution in [3.05, 3.63) is 0 Å². The molecule has 0 saturated carbocycles. The van der Waals surface area contributed by atoms with Crippen LogP contribution in [0.25, 0.3) is 0 Å². The van der Waals surface area contributed by atoms with Gasteiger partial charge in [0.1, 0.15) is 0 Å². The van der Waals surface area contributed by atoms with E-state index in [1.165, 1.54) is 0 Å². The van der Waals surface area contributed by atoms with E-state index in [4.69, 9.17) is 20.7 Å². The lowest BCUT2D eigenvalue weighted by atomic mass is 10.4. The second-order valence-electron chi connectivity index (χ2n) is 1.42. The van der Waals surface area contributed by atoms with Gasteiger partial charge >= 0.3 is 6.09 Å². The van der Waals surface area contributed by atoms with Crippen LogP contribution in [0.2, 0.25) is 0 Å². The van der Waals surface area contributed by atoms with Gasteiger partial charge in [0, 0.05) is 6.54 Å². The number of carboxylic acid groups (broad SMARTS) is 1. The maximum absolute atomic E-state index is 8.78. The summed E-state index contributed by atoms with van der Waals surface area (Å²) < 4.78 is 0. The van der Waals surface area contributed by atoms with E-state index < -0.39 is 6.09 Å². The minimum absolute atomic E-state index is 0.338. The molecule has 5 nitrogen and oxygen atoms in total. The maximum atomic E-state index is 8.78. The van der Waals surface area contributed by atoms with Crippen LogP contribution in [-0.4, -0.2) is 29.0 Å². The van der Waals surface area contributed by atoms with Crippen LogP contribution in [0.1, 0.15) is 6.92 Å². The molecule has 56 valence electrons. The van der Waals surface area contributed by atoms with E-state index >= 15 is 0 Å². The van der Waals surface area contributed by atoms with Crippen LogP contribution in [0.15, 0.2) is 0 Å². The first kappa shape index (κ1) is 11.0. The van der Waals surface area contributed by atoms with Gasteiger partial charge in [-0.05, 0) is 6.92 Å². The van der Waals surface area contributed by atoms with Crippen molar-refractivity contribution in [2.45, 2.75) is 13.0 Å². The molecule has 0 rings (SSSR count). The SMILES string of the molecule is C[C@H](O)CN.NC(=O)O. The molecule has 0 unspecified atom stereocenters. The van der Waals surface area contributed by atoms with Gasteiger partial charge in [0.15, 0.2) is 0 Å². The van der Waals surface area contributed by atoms with Crippen LogP contribution in [0.5, 0.6) is 0 Å². The lowest BCUT2D eigenvalue weighted by Gasteiger charge is -1.91. The summed E-state index contributed by atoms with van der Waals surface area (Å²) in [4.78, 5) is 8.78. The Morgan fingerprint density at radius 3 is 1.89 bits per heavy atom. The second-order valence-corrected chi connectivity index (χ2v) is 1.42. The molecule has 0 aromatic heterocycles. The minimum atomic E-state index is -1.33. The Hall–Kier alpha value is -0.810. The van der Waals surface area contributed by atoms with Gasteiger partial charge in [-0.2, -0.15) is 0 Å². The summed E-state index contributed by atoms with van der Waals surface area (Å²) >= 11 is 0. The van der Waals surface area contributed by atoms with Gasteiger partial charge in [0.25, 0.3) is 0 Å². The van der Waals surface area contributed by atoms with E-state index in [9.17, 15) is 0 Å². The van der Waals surface area contributed by atoms with Crippen molar-refractivity contribution < 1.29 is 15.0 Å². The second kappa shape index (κ2) is 7.19. The fourth-order valence-electron chi connectivity index (χ4n) is 0. The molecule has 0 aliphatic carbocycles. The van der Waals surface area contributed by atoms with Crippen LogP contribution in [0.3, 0.4) is 0 Å². The van der Waals surface area contributed by atoms with Crippen LogP contribution in [-0.2, 0) is 0 Å². The fourth-order valence-corrected chi connectivity index (χ4v) is 0. The Kier molecular flexibility index (Phi) is 8.83. The first-order valence-electron chi connectivity index (χ1n) is 2.37. The molecule has 1 atom stereocenters. The fraction of sp³-hybridized carbons (Fsp3) is 0.750. The normalized spacial score (nSPS) is 11.0. The molecule has 5 heteroatoms. The largest absolute Gasteiger partial charge is 0.465 e. The van der Waals surface area contributed by atoms with Crippen LogP contribution < -0.4 is 11.5 Å². The molecule has 0 bridgehead atoms. The van der Waals surface area contributed by atoms with E-state index in [0.29, 0.717) is 6.54 Å². The zero-order chi connectivity index (χ0) is 7.86. The lowest BCUT2D eigenvalue weighted by molar-refractivity contribution is 0.203. The Morgan fingerprint density at radius 2 is 1.89 bits per heavy atom. The first-order chi connectivity index (χ1) is 4.00. The van der Waals surface area contributed by atoms with Gasteiger partial charge in [-0.1, -0.05) is 0 Å². The third-order valence-corrected chi connectivity index (χ3v) is 0.341. The van der Waals surface area contributed by atoms with Crippen molar-refractivity contribution in [1.29, 1.82) is 0 Å². The molecule has 0 fully saturated rings. The summed E-state index contributed by atoms with van der Waals surface area (Å²) in [6.07, 6.45) is -1.67. The molecule has 0 aromatic carbocycles. The highest BCUT2D eigenvalue weighted by molar-refractivity contribution is 5.61. The minimum Gasteiger partial charge on any atom is -0.465 e. The molecule has 0 saturated heterocycles. The van der Waals surface area contributed by atoms with Gasteiger partial charge in [-0.3, -0.25) is 0 Å². The Bertz CT molecular complexity index is 70.2. The molecule has 0 aromatic rings. The molecule has 9 heavy (non-hydrogen) atoms. The number of aliphatic hydroxyl groups excluding tert-OH is 1. The average Bonchev–Trinajstić information content (AvgIpc) is 1.65. The molecule has 0 aliphatic rings. The average molecular weight is 136 g/mol. The number of rotatable bonds is 1. The smallest absolute Gasteiger partial charge is 0.402 e. The summed E-state index contributed by atoms with van der Waals surface area (Å²) in [5.74, 6) is 0. The topological polar surface area (TPSA) is 110 Å². The summed E-state index contributed by atoms with van der Waals surface area (Å²) in [7, 11) is 0. The van der Waals surface area contributed by atoms with Crippen molar-refractivity contribution >= 4 is 6.09 Å². The van der Waals surface area contributed by atoms with Crippen LogP contribution in [0.4, 0.5) is 4.79 Å². The number of amides is 1. The van der Waals surface area contributed by atoms with E-state index in [1.807, 2.05) is 0 Å². The molecule has 0 spiro atoms. The molecule has 6 N–H and O–H groups in total. The predicted molar refractivity (Wildman–Crippen MR) is 32.9 cm³/mol. The molecule has 0 heterocycles. The van der Waals surface area contributed by atoms with Gasteiger partial charge in [0.2, 0.25) is 0 Å². The van der Waals surface area contributed by atoms with Gasteiger partial charge in [-0.25, -0.2) is 4.79 Å². The zero-order valence-corrected chi connectivity index (χ0v) is 5.24. The summed E-state index contributed by atoms with van der Waals surface area (Å²) in [5, 5.41) is 15.4. The molecular weight excluding hydrogens is 124 g/mol. The maximum Gasteiger partial charge on any atom is 0.402 e. The van der Waals surface area contributed by atoms with Gasteiger partial charge in [-0.15, -0.1) is 0 Å². The molecular formula is C4H12N2O3. The highest BCUT2D eigenvalue weighted by Crippen LogP contribution is 1.65. The molecule has 1 amide bonds. The van der Waals surface area contributed by atoms with Crippen molar-refractivity contribution in [3.63, 3.8) is 0 Å². The van der Waals surface area contributed by atoms with Crippen LogP contribution >= 0.6 is 0 Å². The standard InChI is InChI=1S/C3H9NO.CH3NO2/c1-3(5)2-4;2-1(3)4/h3,5H,2,4H2,1H3;2H2,(H,3,4)/t3-;/m0./s1. The first-order valence-corrected chi connectivity index (χ1v) is 2.37. The predicted octanol–water partition coefficient (Wildman–Crippen LogP) is -1.05. The number of hydrogen-bond acceptors (Lipinski definition) is 3. The third kappa shape index (κ3) is 137. The summed E-state index contributed by atoms with van der Waals surface area (Å²) in [6, 6.07) is 0. The van der Waals surface area contributed by atoms with Crippen molar-refractivity contribution in [1.82, 2.24) is 0 Å². The lowest BCUT2D eigenvalue weighted by Crippen LogP contribution is -2.14. The van der Waals surface area contributed by atoms with E-state index in [-0.39, 0.29) is 6.10 Å². The number of nitrogens with two attached hydrogens (primary N) is 2. The zero-order valence-electron chi connectivity index (χ0n) is 5.24. The van der Waals surface area contributed by atoms with Crippen LogP contribution in [0, 0.1) is 0 Å². The number of primary amides is 1. The van der Waals surface area contributed by atoms with E-state index in [1.54, 1.807) is 6.92 Å². The highest BCUT2D eigenvalue weighted by atomic mass is 16.4. The number of carbonyl (C=O) groups is 1. The summed E-state index contributed by atoms with van der Waals surface area (Å²) in [5.41, 5.74) is 8.95. The van der Waals surface area contributed by atoms with Crippen molar-refractivity contribution in [2.24, 2.45) is 11.5 Å². The monoisotopic (exact) mass is 136 g/mol. The Balaban J connectivity index is 0. The quantitative estimate of drug-likeness (QED) is 0.368. The van der Waals surface area contributed by atoms with Crippen molar-refractivity contribution in [2.75, 3.05) is 6.54 Å². The molecule has 0 radical (unpaired) electrons. The Morgan fingerprint density at radius 1 is 1.78 bits per heavy atom. The third-order valence-electron chi connectivity index (χ3n) is 0.341. The van der Waals surface area contributed by atoms with Crippen molar-refractivity contribution in [3.8, 4) is 0 Å².